The van der Waals surface area contributed by atoms with E-state index in [-0.39, 0.29) is 51.8 Å². The number of fused-ring (bicyclic) bond motifs is 7. The zero-order chi connectivity index (χ0) is 43.3. The summed E-state index contributed by atoms with van der Waals surface area (Å²) in [5.74, 6) is -0.0378. The lowest BCUT2D eigenvalue weighted by Crippen LogP contribution is -2.66. The van der Waals surface area contributed by atoms with E-state index in [1.165, 1.54) is 5.57 Å². The molecule has 0 saturated heterocycles. The number of pyridine rings is 1. The minimum absolute atomic E-state index is 0.0297. The molecule has 1 aromatic rings. The molecule has 0 radical (unpaired) electrons. The van der Waals surface area contributed by atoms with Crippen molar-refractivity contribution in [1.82, 2.24) is 14.8 Å². The number of carboxylic acid groups (broad SMARTS) is 1. The average molecular weight is 820 g/mol. The van der Waals surface area contributed by atoms with E-state index in [9.17, 15) is 24.6 Å². The summed E-state index contributed by atoms with van der Waals surface area (Å²) in [7, 11) is 3.84. The lowest BCUT2D eigenvalue weighted by molar-refractivity contribution is -0.235. The van der Waals surface area contributed by atoms with Gasteiger partial charge in [0.15, 0.2) is 5.78 Å². The predicted molar refractivity (Wildman–Crippen MR) is 230 cm³/mol. The van der Waals surface area contributed by atoms with Gasteiger partial charge in [-0.1, -0.05) is 60.1 Å². The van der Waals surface area contributed by atoms with Crippen molar-refractivity contribution in [3.05, 3.63) is 41.2 Å². The second kappa shape index (κ2) is 16.9. The molecule has 9 unspecified atom stereocenters. The molecule has 0 bridgehead atoms. The van der Waals surface area contributed by atoms with Crippen molar-refractivity contribution >= 4 is 17.7 Å². The van der Waals surface area contributed by atoms with Crippen LogP contribution in [0.5, 0.6) is 0 Å². The van der Waals surface area contributed by atoms with Gasteiger partial charge in [0, 0.05) is 63.3 Å². The minimum atomic E-state index is -1.17. The number of Topliss-reactive ketones (excluding diaryl/α,β-unsaturated/α-hetero) is 1. The van der Waals surface area contributed by atoms with Crippen molar-refractivity contribution in [2.24, 2.45) is 56.2 Å². The number of ether oxygens (including phenoxy) is 2. The number of rotatable bonds is 16. The molecular formula is C49H77N3O7. The largest absolute Gasteiger partial charge is 0.481 e. The summed E-state index contributed by atoms with van der Waals surface area (Å²) in [6.45, 7) is 23.9. The van der Waals surface area contributed by atoms with Gasteiger partial charge in [-0.25, -0.2) is 0 Å². The van der Waals surface area contributed by atoms with E-state index in [0.717, 1.165) is 82.3 Å². The highest BCUT2D eigenvalue weighted by Crippen LogP contribution is 2.77. The van der Waals surface area contributed by atoms with Gasteiger partial charge in [-0.2, -0.15) is 0 Å². The van der Waals surface area contributed by atoms with Crippen molar-refractivity contribution in [3.8, 4) is 0 Å². The Labute approximate surface area is 355 Å². The summed E-state index contributed by atoms with van der Waals surface area (Å²) >= 11 is 0. The number of carboxylic acids is 1. The van der Waals surface area contributed by atoms with Crippen molar-refractivity contribution in [2.45, 2.75) is 145 Å². The molecule has 5 aliphatic carbocycles. The molecule has 0 aromatic carbocycles. The van der Waals surface area contributed by atoms with Gasteiger partial charge in [-0.05, 0) is 130 Å². The highest BCUT2D eigenvalue weighted by atomic mass is 16.5. The Morgan fingerprint density at radius 2 is 1.68 bits per heavy atom. The number of aliphatic hydroxyl groups is 1. The zero-order valence-corrected chi connectivity index (χ0v) is 38.4. The third-order valence-electron chi connectivity index (χ3n) is 17.5. The van der Waals surface area contributed by atoms with Crippen LogP contribution >= 0.6 is 0 Å². The summed E-state index contributed by atoms with van der Waals surface area (Å²) in [6.07, 6.45) is 8.88. The van der Waals surface area contributed by atoms with Crippen molar-refractivity contribution < 1.29 is 34.1 Å². The molecule has 10 heteroatoms. The lowest BCUT2D eigenvalue weighted by atomic mass is 9.33. The number of allylic oxidation sites excluding steroid dienone is 1. The minimum Gasteiger partial charge on any atom is -0.481 e. The smallest absolute Gasteiger partial charge is 0.309 e. The molecule has 330 valence electrons. The van der Waals surface area contributed by atoms with E-state index in [4.69, 9.17) is 9.47 Å². The SMILES string of the molecule is COCCN(C)CCN(Cc1ccccn1)CC(O)C12CCC3(C)C(CCC4C5(C)CCC(OC(=O)CC(C)(C)C(=O)O)C(C)(C)C5CCC43C)C1=C(C(C)C)C(=O)C2. The number of aliphatic carboxylic acids is 1. The lowest BCUT2D eigenvalue weighted by Gasteiger charge is -2.72. The Bertz CT molecular complexity index is 1740. The average Bonchev–Trinajstić information content (AvgIpc) is 3.48. The van der Waals surface area contributed by atoms with Crippen LogP contribution in [0.3, 0.4) is 0 Å². The van der Waals surface area contributed by atoms with Gasteiger partial charge < -0.3 is 24.6 Å². The van der Waals surface area contributed by atoms with Crippen molar-refractivity contribution in [2.75, 3.05) is 46.9 Å². The highest BCUT2D eigenvalue weighted by molar-refractivity contribution is 6.00. The molecule has 9 atom stereocenters. The molecule has 5 aliphatic rings. The summed E-state index contributed by atoms with van der Waals surface area (Å²) in [5.41, 5.74) is 1.29. The normalized spacial score (nSPS) is 34.7. The molecule has 4 saturated carbocycles. The fourth-order valence-corrected chi connectivity index (χ4v) is 14.0. The van der Waals surface area contributed by atoms with Crippen LogP contribution in [-0.2, 0) is 30.4 Å². The molecule has 0 spiro atoms. The molecule has 4 fully saturated rings. The van der Waals surface area contributed by atoms with Crippen LogP contribution in [0.15, 0.2) is 35.5 Å². The second-order valence-electron chi connectivity index (χ2n) is 21.9. The van der Waals surface area contributed by atoms with Gasteiger partial charge in [-0.3, -0.25) is 24.3 Å². The predicted octanol–water partition coefficient (Wildman–Crippen LogP) is 8.22. The number of nitrogens with zero attached hydrogens (tertiary/aromatic N) is 3. The van der Waals surface area contributed by atoms with Crippen LogP contribution in [-0.4, -0.2) is 102 Å². The topological polar surface area (TPSA) is 130 Å². The fraction of sp³-hybridized carbons (Fsp3) is 0.796. The first-order chi connectivity index (χ1) is 27.6. The molecule has 59 heavy (non-hydrogen) atoms. The number of aliphatic hydroxyl groups excluding tert-OH is 1. The molecule has 1 heterocycles. The van der Waals surface area contributed by atoms with E-state index in [0.29, 0.717) is 38.0 Å². The van der Waals surface area contributed by atoms with Crippen LogP contribution in [0.1, 0.15) is 132 Å². The standard InChI is InChI=1S/C49H77N3O7/c1-32(2)41-35(53)28-49(38(54)31-52(25-24-51(10)26-27-58-11)30-33-14-12-13-23-50-33)22-21-47(8)34(42(41)49)15-16-37-46(7)19-18-39(59-40(55)29-44(3,4)43(56)57)45(5,6)36(46)17-20-48(37,47)9/h12-14,23,32,34,36-39,54H,15-22,24-31H2,1-11H3,(H,56,57). The first-order valence-corrected chi connectivity index (χ1v) is 22.8. The third-order valence-corrected chi connectivity index (χ3v) is 17.5. The van der Waals surface area contributed by atoms with Gasteiger partial charge in [0.2, 0.25) is 0 Å². The van der Waals surface area contributed by atoms with Crippen molar-refractivity contribution in [3.63, 3.8) is 0 Å². The quantitative estimate of drug-likeness (QED) is 0.158. The molecule has 10 nitrogen and oxygen atoms in total. The summed E-state index contributed by atoms with van der Waals surface area (Å²) in [6, 6.07) is 6.01. The number of hydrogen-bond donors (Lipinski definition) is 2. The van der Waals surface area contributed by atoms with Gasteiger partial charge in [-0.15, -0.1) is 0 Å². The maximum atomic E-state index is 14.4. The highest BCUT2D eigenvalue weighted by Gasteiger charge is 2.71. The number of methoxy groups -OCH3 is 1. The number of aromatic nitrogens is 1. The first-order valence-electron chi connectivity index (χ1n) is 22.8. The Hall–Kier alpha value is -2.66. The zero-order valence-electron chi connectivity index (χ0n) is 38.4. The number of ketones is 1. The van der Waals surface area contributed by atoms with Gasteiger partial charge in [0.1, 0.15) is 6.10 Å². The maximum Gasteiger partial charge on any atom is 0.309 e. The van der Waals surface area contributed by atoms with E-state index >= 15 is 0 Å². The maximum absolute atomic E-state index is 14.4. The Morgan fingerprint density at radius 3 is 2.32 bits per heavy atom. The van der Waals surface area contributed by atoms with Gasteiger partial charge in [0.25, 0.3) is 0 Å². The van der Waals surface area contributed by atoms with E-state index in [1.54, 1.807) is 21.0 Å². The van der Waals surface area contributed by atoms with Crippen LogP contribution in [0.25, 0.3) is 0 Å². The molecule has 2 N–H and O–H groups in total. The number of likely N-dealkylation sites (N-methyl/N-ethyl adjacent to an activating group) is 1. The molecule has 0 amide bonds. The number of carbonyl (C=O) groups excluding carboxylic acids is 2. The van der Waals surface area contributed by atoms with E-state index in [2.05, 4.69) is 76.4 Å². The summed E-state index contributed by atoms with van der Waals surface area (Å²) in [4.78, 5) is 48.6. The summed E-state index contributed by atoms with van der Waals surface area (Å²) in [5, 5.41) is 22.4. The number of hydrogen-bond acceptors (Lipinski definition) is 9. The van der Waals surface area contributed by atoms with E-state index in [1.807, 2.05) is 18.3 Å². The second-order valence-corrected chi connectivity index (χ2v) is 21.9. The van der Waals surface area contributed by atoms with Crippen LogP contribution in [0.2, 0.25) is 0 Å². The summed E-state index contributed by atoms with van der Waals surface area (Å²) < 4.78 is 11.5. The Morgan fingerprint density at radius 1 is 0.949 bits per heavy atom. The number of esters is 1. The molecular weight excluding hydrogens is 743 g/mol. The van der Waals surface area contributed by atoms with Gasteiger partial charge in [0.05, 0.1) is 30.2 Å². The first kappa shape index (κ1) is 45.9. The van der Waals surface area contributed by atoms with Crippen LogP contribution < -0.4 is 0 Å². The fourth-order valence-electron chi connectivity index (χ4n) is 14.0. The van der Waals surface area contributed by atoms with Gasteiger partial charge >= 0.3 is 11.9 Å². The molecule has 1 aromatic heterocycles. The Balaban J connectivity index is 1.27. The van der Waals surface area contributed by atoms with Crippen molar-refractivity contribution in [1.29, 1.82) is 0 Å². The molecule has 0 aliphatic heterocycles. The monoisotopic (exact) mass is 820 g/mol. The van der Waals surface area contributed by atoms with E-state index < -0.39 is 28.9 Å². The number of carbonyl (C=O) groups is 3. The van der Waals surface area contributed by atoms with Crippen LogP contribution in [0.4, 0.5) is 0 Å². The molecule has 6 rings (SSSR count). The third kappa shape index (κ3) is 8.11. The Kier molecular flexibility index (Phi) is 13.1. The van der Waals surface area contributed by atoms with Crippen LogP contribution in [0, 0.1) is 56.2 Å².